The maximum atomic E-state index is 13.2. The van der Waals surface area contributed by atoms with Gasteiger partial charge in [0.25, 0.3) is 17.7 Å². The van der Waals surface area contributed by atoms with Gasteiger partial charge >= 0.3 is 0 Å². The Morgan fingerprint density at radius 3 is 2.14 bits per heavy atom. The van der Waals surface area contributed by atoms with Crippen molar-refractivity contribution >= 4 is 29.1 Å². The highest BCUT2D eigenvalue weighted by Crippen LogP contribution is 2.30. The van der Waals surface area contributed by atoms with E-state index in [4.69, 9.17) is 0 Å². The van der Waals surface area contributed by atoms with Crippen LogP contribution in [0.1, 0.15) is 31.1 Å². The van der Waals surface area contributed by atoms with Gasteiger partial charge in [-0.15, -0.1) is 0 Å². The van der Waals surface area contributed by atoms with Gasteiger partial charge in [0, 0.05) is 88.3 Å². The van der Waals surface area contributed by atoms with Crippen molar-refractivity contribution in [3.05, 3.63) is 83.9 Å². The number of aromatic nitrogens is 2. The maximum absolute atomic E-state index is 13.2. The number of benzene rings is 1. The van der Waals surface area contributed by atoms with E-state index in [1.165, 1.54) is 6.20 Å². The van der Waals surface area contributed by atoms with Gasteiger partial charge in [-0.05, 0) is 42.5 Å². The summed E-state index contributed by atoms with van der Waals surface area (Å²) in [4.78, 5) is 52.8. The molecule has 0 unspecified atom stereocenters. The van der Waals surface area contributed by atoms with E-state index in [-0.39, 0.29) is 17.7 Å². The zero-order valence-corrected chi connectivity index (χ0v) is 20.5. The summed E-state index contributed by atoms with van der Waals surface area (Å²) in [7, 11) is 0. The Balaban J connectivity index is 1.36. The van der Waals surface area contributed by atoms with Gasteiger partial charge in [0.15, 0.2) is 0 Å². The minimum atomic E-state index is -0.298. The summed E-state index contributed by atoms with van der Waals surface area (Å²) < 4.78 is 0. The van der Waals surface area contributed by atoms with Crippen molar-refractivity contribution in [2.45, 2.75) is 0 Å². The van der Waals surface area contributed by atoms with Gasteiger partial charge in [-0.25, -0.2) is 0 Å². The zero-order chi connectivity index (χ0) is 25.6. The molecule has 190 valence electrons. The first-order valence-electron chi connectivity index (χ1n) is 12.4. The molecule has 2 saturated heterocycles. The lowest BCUT2D eigenvalue weighted by Crippen LogP contribution is -2.49. The first kappa shape index (κ1) is 24.4. The normalized spacial score (nSPS) is 15.8. The van der Waals surface area contributed by atoms with Crippen LogP contribution < -0.4 is 15.5 Å². The summed E-state index contributed by atoms with van der Waals surface area (Å²) in [5.74, 6) is -0.380. The molecule has 2 aliphatic heterocycles. The number of pyridine rings is 2. The van der Waals surface area contributed by atoms with Crippen LogP contribution in [0, 0.1) is 0 Å². The van der Waals surface area contributed by atoms with E-state index >= 15 is 0 Å². The van der Waals surface area contributed by atoms with Crippen LogP contribution in [0.25, 0.3) is 0 Å². The number of amides is 3. The predicted molar refractivity (Wildman–Crippen MR) is 140 cm³/mol. The minimum absolute atomic E-state index is 0.0240. The molecule has 5 rings (SSSR count). The highest BCUT2D eigenvalue weighted by atomic mass is 16.2. The Bertz CT molecular complexity index is 1260. The molecule has 10 nitrogen and oxygen atoms in total. The monoisotopic (exact) mass is 499 g/mol. The van der Waals surface area contributed by atoms with Gasteiger partial charge in [-0.3, -0.25) is 24.4 Å². The molecule has 0 saturated carbocycles. The second-order valence-electron chi connectivity index (χ2n) is 8.99. The van der Waals surface area contributed by atoms with Crippen molar-refractivity contribution in [2.75, 3.05) is 62.6 Å². The molecule has 0 bridgehead atoms. The van der Waals surface area contributed by atoms with Crippen LogP contribution in [0.15, 0.2) is 67.3 Å². The number of piperazine rings is 2. The largest absolute Gasteiger partial charge is 0.366 e. The Morgan fingerprint density at radius 1 is 0.730 bits per heavy atom. The minimum Gasteiger partial charge on any atom is -0.366 e. The molecule has 3 amide bonds. The molecular formula is C27H29N7O3. The van der Waals surface area contributed by atoms with E-state index in [1.54, 1.807) is 48.9 Å². The molecule has 2 aliphatic rings. The average molecular weight is 500 g/mol. The van der Waals surface area contributed by atoms with Crippen molar-refractivity contribution in [2.24, 2.45) is 0 Å². The lowest BCUT2D eigenvalue weighted by molar-refractivity contribution is 0.0731. The summed E-state index contributed by atoms with van der Waals surface area (Å²) >= 11 is 0. The van der Waals surface area contributed by atoms with E-state index in [1.807, 2.05) is 21.9 Å². The Hall–Kier alpha value is -4.31. The molecule has 10 heteroatoms. The first-order valence-corrected chi connectivity index (χ1v) is 12.4. The predicted octanol–water partition coefficient (Wildman–Crippen LogP) is 1.74. The van der Waals surface area contributed by atoms with E-state index in [0.29, 0.717) is 61.6 Å². The van der Waals surface area contributed by atoms with Crippen LogP contribution in [0.2, 0.25) is 0 Å². The second-order valence-corrected chi connectivity index (χ2v) is 8.99. The van der Waals surface area contributed by atoms with Gasteiger partial charge in [0.1, 0.15) is 0 Å². The molecule has 2 fully saturated rings. The fourth-order valence-electron chi connectivity index (χ4n) is 4.61. The fourth-order valence-corrected chi connectivity index (χ4v) is 4.61. The average Bonchev–Trinajstić information content (AvgIpc) is 2.98. The number of hydrogen-bond acceptors (Lipinski definition) is 7. The first-order chi connectivity index (χ1) is 18.1. The smallest absolute Gasteiger partial charge is 0.257 e. The highest BCUT2D eigenvalue weighted by molar-refractivity contribution is 6.07. The highest BCUT2D eigenvalue weighted by Gasteiger charge is 2.26. The third-order valence-electron chi connectivity index (χ3n) is 6.65. The Morgan fingerprint density at radius 2 is 1.43 bits per heavy atom. The SMILES string of the molecule is O=C(Nc1cc(C(=O)N2CCNCC2)ccc1N1CCN(C(=O)c2ccncc2)CC1)c1cccnc1. The van der Waals surface area contributed by atoms with Crippen LogP contribution in [0.4, 0.5) is 11.4 Å². The maximum Gasteiger partial charge on any atom is 0.257 e. The number of nitrogens with zero attached hydrogens (tertiary/aromatic N) is 5. The van der Waals surface area contributed by atoms with E-state index < -0.39 is 0 Å². The fraction of sp³-hybridized carbons (Fsp3) is 0.296. The van der Waals surface area contributed by atoms with Crippen LogP contribution in [0.3, 0.4) is 0 Å². The molecule has 0 aliphatic carbocycles. The van der Waals surface area contributed by atoms with Crippen LogP contribution in [-0.2, 0) is 0 Å². The van der Waals surface area contributed by atoms with Gasteiger partial charge in [-0.1, -0.05) is 0 Å². The summed E-state index contributed by atoms with van der Waals surface area (Å²) in [6, 6.07) is 12.3. The lowest BCUT2D eigenvalue weighted by atomic mass is 10.1. The van der Waals surface area contributed by atoms with E-state index in [9.17, 15) is 14.4 Å². The molecular weight excluding hydrogens is 470 g/mol. The number of carbonyl (C=O) groups is 3. The summed E-state index contributed by atoms with van der Waals surface area (Å²) in [6.07, 6.45) is 6.35. The number of nitrogens with one attached hydrogen (secondary N) is 2. The number of carbonyl (C=O) groups excluding carboxylic acids is 3. The Labute approximate surface area is 215 Å². The quantitative estimate of drug-likeness (QED) is 0.550. The number of hydrogen-bond donors (Lipinski definition) is 2. The number of rotatable bonds is 5. The topological polar surface area (TPSA) is 111 Å². The van der Waals surface area contributed by atoms with Crippen molar-refractivity contribution in [1.29, 1.82) is 0 Å². The third-order valence-corrected chi connectivity index (χ3v) is 6.65. The molecule has 4 heterocycles. The lowest BCUT2D eigenvalue weighted by Gasteiger charge is -2.37. The van der Waals surface area contributed by atoms with Gasteiger partial charge < -0.3 is 25.3 Å². The van der Waals surface area contributed by atoms with Crippen LogP contribution in [-0.4, -0.2) is 89.8 Å². The zero-order valence-electron chi connectivity index (χ0n) is 20.5. The standard InChI is InChI=1S/C27H29N7O3/c35-25(22-2-1-7-30-19-22)31-23-18-21(27(37)33-12-10-29-11-13-33)3-4-24(23)32-14-16-34(17-15-32)26(36)20-5-8-28-9-6-20/h1-9,18-19,29H,10-17H2,(H,31,35). The van der Waals surface area contributed by atoms with E-state index in [2.05, 4.69) is 25.5 Å². The van der Waals surface area contributed by atoms with E-state index in [0.717, 1.165) is 18.8 Å². The molecule has 1 aromatic carbocycles. The summed E-state index contributed by atoms with van der Waals surface area (Å²) in [5.41, 5.74) is 2.94. The van der Waals surface area contributed by atoms with Crippen molar-refractivity contribution < 1.29 is 14.4 Å². The van der Waals surface area contributed by atoms with Crippen molar-refractivity contribution in [1.82, 2.24) is 25.1 Å². The van der Waals surface area contributed by atoms with Crippen LogP contribution >= 0.6 is 0 Å². The van der Waals surface area contributed by atoms with Gasteiger partial charge in [0.05, 0.1) is 16.9 Å². The van der Waals surface area contributed by atoms with Crippen molar-refractivity contribution in [3.63, 3.8) is 0 Å². The molecule has 0 radical (unpaired) electrons. The molecule has 37 heavy (non-hydrogen) atoms. The van der Waals surface area contributed by atoms with Crippen LogP contribution in [0.5, 0.6) is 0 Å². The molecule has 0 spiro atoms. The summed E-state index contributed by atoms with van der Waals surface area (Å²) in [5, 5.41) is 6.25. The van der Waals surface area contributed by atoms with Gasteiger partial charge in [0.2, 0.25) is 0 Å². The molecule has 0 atom stereocenters. The molecule has 2 N–H and O–H groups in total. The van der Waals surface area contributed by atoms with Gasteiger partial charge in [-0.2, -0.15) is 0 Å². The number of anilines is 2. The second kappa shape index (κ2) is 11.2. The Kier molecular flexibility index (Phi) is 7.36. The molecule has 3 aromatic rings. The third kappa shape index (κ3) is 5.59. The molecule has 2 aromatic heterocycles. The summed E-state index contributed by atoms with van der Waals surface area (Å²) in [6.45, 7) is 5.08. The van der Waals surface area contributed by atoms with Crippen molar-refractivity contribution in [3.8, 4) is 0 Å².